The lowest BCUT2D eigenvalue weighted by Crippen LogP contribution is -2.40. The summed E-state index contributed by atoms with van der Waals surface area (Å²) in [7, 11) is 0. The van der Waals surface area contributed by atoms with Crippen molar-refractivity contribution in [3.05, 3.63) is 131 Å². The highest BCUT2D eigenvalue weighted by Crippen LogP contribution is 2.24. The molecule has 1 atom stereocenters. The highest BCUT2D eigenvalue weighted by atomic mass is 32.1. The Morgan fingerprint density at radius 2 is 1.56 bits per heavy atom. The molecule has 0 aliphatic carbocycles. The van der Waals surface area contributed by atoms with Crippen LogP contribution in [0.4, 0.5) is 5.69 Å². The molecular formula is C24H16N4O3S. The number of hydrogen-bond acceptors (Lipinski definition) is 6. The molecule has 0 spiro atoms. The van der Waals surface area contributed by atoms with Gasteiger partial charge in [-0.1, -0.05) is 72.0 Å². The van der Waals surface area contributed by atoms with Crippen molar-refractivity contribution in [3.8, 4) is 0 Å². The Morgan fingerprint density at radius 3 is 2.22 bits per heavy atom. The van der Waals surface area contributed by atoms with Gasteiger partial charge in [0.1, 0.15) is 6.04 Å². The van der Waals surface area contributed by atoms with Crippen LogP contribution in [-0.4, -0.2) is 15.2 Å². The molecule has 0 fully saturated rings. The number of nitrogens with zero attached hydrogens (tertiary/aromatic N) is 4. The van der Waals surface area contributed by atoms with E-state index in [1.165, 1.54) is 23.5 Å². The monoisotopic (exact) mass is 440 g/mol. The smallest absolute Gasteiger partial charge is 0.268 e. The first-order valence-corrected chi connectivity index (χ1v) is 10.7. The molecule has 32 heavy (non-hydrogen) atoms. The maximum absolute atomic E-state index is 13.5. The third kappa shape index (κ3) is 3.57. The summed E-state index contributed by atoms with van der Waals surface area (Å²) in [4.78, 5) is 24.4. The third-order valence-electron chi connectivity index (χ3n) is 5.18. The maximum Gasteiger partial charge on any atom is 0.271 e. The van der Waals surface area contributed by atoms with Crippen molar-refractivity contribution in [1.29, 1.82) is 0 Å². The van der Waals surface area contributed by atoms with Crippen molar-refractivity contribution in [2.75, 3.05) is 0 Å². The van der Waals surface area contributed by atoms with E-state index in [9.17, 15) is 14.9 Å². The van der Waals surface area contributed by atoms with Gasteiger partial charge in [-0.2, -0.15) is 0 Å². The van der Waals surface area contributed by atoms with Gasteiger partial charge in [0.2, 0.25) is 4.80 Å². The van der Waals surface area contributed by atoms with Crippen LogP contribution in [0.3, 0.4) is 0 Å². The summed E-state index contributed by atoms with van der Waals surface area (Å²) in [5.41, 5.74) is 3.06. The maximum atomic E-state index is 13.5. The quantitative estimate of drug-likeness (QED) is 0.360. The molecule has 1 aromatic heterocycles. The Hall–Kier alpha value is -4.17. The van der Waals surface area contributed by atoms with Crippen molar-refractivity contribution in [3.63, 3.8) is 0 Å². The van der Waals surface area contributed by atoms with E-state index in [2.05, 4.69) is 10.2 Å². The first-order chi connectivity index (χ1) is 15.6. The second kappa shape index (κ2) is 8.16. The van der Waals surface area contributed by atoms with Crippen molar-refractivity contribution < 1.29 is 4.92 Å². The first-order valence-electron chi connectivity index (χ1n) is 9.85. The number of nitro groups is 1. The summed E-state index contributed by atoms with van der Waals surface area (Å²) in [6.45, 7) is 0. The topological polar surface area (TPSA) is 89.9 Å². The van der Waals surface area contributed by atoms with Gasteiger partial charge < -0.3 is 0 Å². The van der Waals surface area contributed by atoms with Gasteiger partial charge in [0.05, 0.1) is 15.2 Å². The van der Waals surface area contributed by atoms with Crippen molar-refractivity contribution in [2.24, 2.45) is 10.2 Å². The first kappa shape index (κ1) is 19.8. The second-order valence-electron chi connectivity index (χ2n) is 7.18. The molecule has 156 valence electrons. The Morgan fingerprint density at radius 1 is 0.906 bits per heavy atom. The molecule has 0 N–H and O–H groups in total. The standard InChI is InChI=1S/C24H16N4O3S/c29-23-20(15-16-11-13-19(14-12-16)28(30)31)32-24-26-25-21(17-7-3-1-4-8-17)22(27(23)24)18-9-5-2-6-10-18/h1-15,22H/b20-15+/t22-/m0/s1. The largest absolute Gasteiger partial charge is 0.271 e. The summed E-state index contributed by atoms with van der Waals surface area (Å²) < 4.78 is 2.16. The van der Waals surface area contributed by atoms with Gasteiger partial charge in [0, 0.05) is 17.7 Å². The van der Waals surface area contributed by atoms with E-state index >= 15 is 0 Å². The molecule has 4 aromatic rings. The zero-order chi connectivity index (χ0) is 22.1. The summed E-state index contributed by atoms with van der Waals surface area (Å²) in [6.07, 6.45) is 1.72. The van der Waals surface area contributed by atoms with Gasteiger partial charge in [-0.3, -0.25) is 19.5 Å². The SMILES string of the molecule is O=c1/c(=C\c2ccc([N+](=O)[O-])cc2)sc2n1[C@@H](c1ccccc1)C(c1ccccc1)=NN=2. The Bertz CT molecular complexity index is 1510. The number of nitro benzene ring substituents is 1. The van der Waals surface area contributed by atoms with E-state index < -0.39 is 11.0 Å². The minimum Gasteiger partial charge on any atom is -0.268 e. The second-order valence-corrected chi connectivity index (χ2v) is 8.19. The molecule has 0 saturated heterocycles. The highest BCUT2D eigenvalue weighted by Gasteiger charge is 2.28. The molecule has 0 amide bonds. The minimum absolute atomic E-state index is 0.00407. The predicted molar refractivity (Wildman–Crippen MR) is 124 cm³/mol. The Kier molecular flexibility index (Phi) is 5.04. The number of aromatic nitrogens is 1. The fourth-order valence-corrected chi connectivity index (χ4v) is 4.61. The van der Waals surface area contributed by atoms with Gasteiger partial charge in [-0.15, -0.1) is 10.2 Å². The number of rotatable bonds is 4. The molecule has 8 heteroatoms. The van der Waals surface area contributed by atoms with Crippen LogP contribution in [0.5, 0.6) is 0 Å². The van der Waals surface area contributed by atoms with Crippen LogP contribution in [0.2, 0.25) is 0 Å². The van der Waals surface area contributed by atoms with E-state index in [4.69, 9.17) is 0 Å². The van der Waals surface area contributed by atoms with Gasteiger partial charge in [0.15, 0.2) is 0 Å². The molecule has 0 saturated carbocycles. The lowest BCUT2D eigenvalue weighted by Gasteiger charge is -2.22. The molecule has 0 radical (unpaired) electrons. The normalized spacial score (nSPS) is 15.6. The molecular weight excluding hydrogens is 424 g/mol. The molecule has 2 heterocycles. The number of hydrogen-bond donors (Lipinski definition) is 0. The minimum atomic E-state index is -0.450. The van der Waals surface area contributed by atoms with E-state index in [1.54, 1.807) is 22.8 Å². The van der Waals surface area contributed by atoms with E-state index in [1.807, 2.05) is 60.7 Å². The fourth-order valence-electron chi connectivity index (χ4n) is 3.67. The van der Waals surface area contributed by atoms with Gasteiger partial charge in [-0.05, 0) is 29.3 Å². The average molecular weight is 440 g/mol. The van der Waals surface area contributed by atoms with Gasteiger partial charge >= 0.3 is 0 Å². The summed E-state index contributed by atoms with van der Waals surface area (Å²) >= 11 is 1.25. The average Bonchev–Trinajstić information content (AvgIpc) is 3.15. The van der Waals surface area contributed by atoms with E-state index in [0.29, 0.717) is 20.6 Å². The van der Waals surface area contributed by atoms with Gasteiger partial charge in [-0.25, -0.2) is 0 Å². The van der Waals surface area contributed by atoms with Crippen molar-refractivity contribution >= 4 is 28.8 Å². The van der Waals surface area contributed by atoms with Gasteiger partial charge in [0.25, 0.3) is 11.2 Å². The molecule has 3 aromatic carbocycles. The Labute approximate surface area is 186 Å². The lowest BCUT2D eigenvalue weighted by molar-refractivity contribution is -0.384. The summed E-state index contributed by atoms with van der Waals surface area (Å²) in [5, 5.41) is 19.7. The van der Waals surface area contributed by atoms with Crippen LogP contribution >= 0.6 is 11.3 Å². The number of non-ortho nitro benzene ring substituents is 1. The fraction of sp³-hybridized carbons (Fsp3) is 0.0417. The lowest BCUT2D eigenvalue weighted by atomic mass is 9.96. The van der Waals surface area contributed by atoms with Crippen LogP contribution < -0.4 is 14.9 Å². The van der Waals surface area contributed by atoms with Crippen molar-refractivity contribution in [1.82, 2.24) is 4.57 Å². The third-order valence-corrected chi connectivity index (χ3v) is 6.16. The molecule has 1 aliphatic heterocycles. The number of thiazole rings is 1. The zero-order valence-electron chi connectivity index (χ0n) is 16.7. The van der Waals surface area contributed by atoms with Crippen LogP contribution in [0.1, 0.15) is 22.7 Å². The molecule has 0 unspecified atom stereocenters. The van der Waals surface area contributed by atoms with Crippen LogP contribution in [-0.2, 0) is 0 Å². The van der Waals surface area contributed by atoms with E-state index in [0.717, 1.165) is 11.1 Å². The van der Waals surface area contributed by atoms with Crippen LogP contribution in [0, 0.1) is 10.1 Å². The molecule has 7 nitrogen and oxygen atoms in total. The number of fused-ring (bicyclic) bond motifs is 1. The van der Waals surface area contributed by atoms with Crippen LogP contribution in [0.15, 0.2) is 99.9 Å². The predicted octanol–water partition coefficient (Wildman–Crippen LogP) is 3.27. The Balaban J connectivity index is 1.67. The van der Waals surface area contributed by atoms with Crippen LogP contribution in [0.25, 0.3) is 6.08 Å². The molecule has 5 rings (SSSR count). The molecule has 0 bridgehead atoms. The summed E-state index contributed by atoms with van der Waals surface area (Å²) in [6, 6.07) is 25.1. The van der Waals surface area contributed by atoms with Crippen molar-refractivity contribution in [2.45, 2.75) is 6.04 Å². The number of benzene rings is 3. The zero-order valence-corrected chi connectivity index (χ0v) is 17.5. The van der Waals surface area contributed by atoms with E-state index in [-0.39, 0.29) is 11.2 Å². The highest BCUT2D eigenvalue weighted by molar-refractivity contribution is 7.07. The summed E-state index contributed by atoms with van der Waals surface area (Å²) in [5.74, 6) is 0. The molecule has 1 aliphatic rings.